The monoisotopic (exact) mass is 800 g/mol. The maximum Gasteiger partial charge on any atom is 0.263 e. The minimum atomic E-state index is -0.951. The fourth-order valence-corrected chi connectivity index (χ4v) is 9.34. The third-order valence-electron chi connectivity index (χ3n) is 11.3. The van der Waals surface area contributed by atoms with Crippen LogP contribution in [0.5, 0.6) is 11.5 Å². The highest BCUT2D eigenvalue weighted by molar-refractivity contribution is 7.99. The van der Waals surface area contributed by atoms with Gasteiger partial charge in [-0.15, -0.1) is 11.8 Å². The molecule has 0 radical (unpaired) electrons. The van der Waals surface area contributed by atoms with Gasteiger partial charge in [0.2, 0.25) is 11.8 Å². The Morgan fingerprint density at radius 2 is 1.50 bits per heavy atom. The second-order valence-corrected chi connectivity index (χ2v) is 16.3. The highest BCUT2D eigenvalue weighted by atomic mass is 32.2. The van der Waals surface area contributed by atoms with Crippen molar-refractivity contribution in [2.75, 3.05) is 31.1 Å². The smallest absolute Gasteiger partial charge is 0.263 e. The molecule has 0 bridgehead atoms. The number of anilines is 1. The molecule has 14 heteroatoms. The van der Waals surface area contributed by atoms with E-state index in [0.717, 1.165) is 94.7 Å². The topological polar surface area (TPSA) is 166 Å². The number of benzene rings is 3. The number of thioether (sulfide) groups is 1. The second kappa shape index (κ2) is 17.9. The maximum absolute atomic E-state index is 13.3. The highest BCUT2D eigenvalue weighted by Gasteiger charge is 2.45. The largest absolute Gasteiger partial charge is 0.457 e. The fourth-order valence-electron chi connectivity index (χ4n) is 8.25. The van der Waals surface area contributed by atoms with Gasteiger partial charge < -0.3 is 15.4 Å². The van der Waals surface area contributed by atoms with E-state index in [-0.39, 0.29) is 24.8 Å². The van der Waals surface area contributed by atoms with Crippen LogP contribution in [0.3, 0.4) is 0 Å². The van der Waals surface area contributed by atoms with Gasteiger partial charge >= 0.3 is 0 Å². The number of hydrogen-bond donors (Lipinski definition) is 2. The lowest BCUT2D eigenvalue weighted by Crippen LogP contribution is -2.54. The molecule has 58 heavy (non-hydrogen) atoms. The molecule has 2 fully saturated rings. The molecule has 1 unspecified atom stereocenters. The first-order valence-electron chi connectivity index (χ1n) is 20.4. The van der Waals surface area contributed by atoms with Crippen molar-refractivity contribution in [3.8, 4) is 22.8 Å². The predicted molar refractivity (Wildman–Crippen MR) is 223 cm³/mol. The summed E-state index contributed by atoms with van der Waals surface area (Å²) in [7, 11) is 0. The van der Waals surface area contributed by atoms with Gasteiger partial charge in [0.25, 0.3) is 11.8 Å². The number of unbranched alkanes of at least 4 members (excludes halogenated alkanes) is 6. The van der Waals surface area contributed by atoms with Gasteiger partial charge in [-0.05, 0) is 92.9 Å². The molecule has 3 aliphatic rings. The number of aromatic nitrogens is 4. The fraction of sp³-hybridized carbons (Fsp3) is 0.386. The zero-order valence-corrected chi connectivity index (χ0v) is 33.3. The van der Waals surface area contributed by atoms with Gasteiger partial charge in [0.1, 0.15) is 35.4 Å². The SMILES string of the molecule is Nc1ncnc2c1c(-c1ccc(Oc3ccccc3)cc1)nn2C1CCN(CCCCCCCCCSc2cccc3c2C(=O)N(C2CCC(=O)NC2=O)C3=O)CC1. The van der Waals surface area contributed by atoms with E-state index in [4.69, 9.17) is 15.6 Å². The summed E-state index contributed by atoms with van der Waals surface area (Å²) in [6.45, 7) is 3.14. The van der Waals surface area contributed by atoms with Crippen LogP contribution in [0.15, 0.2) is 84.0 Å². The summed E-state index contributed by atoms with van der Waals surface area (Å²) in [5.41, 5.74) is 9.62. The van der Waals surface area contributed by atoms with Crippen molar-refractivity contribution in [2.45, 2.75) is 87.6 Å². The number of nitrogens with one attached hydrogen (secondary N) is 1. The molecule has 5 heterocycles. The van der Waals surface area contributed by atoms with E-state index in [2.05, 4.69) is 24.9 Å². The van der Waals surface area contributed by atoms with Crippen LogP contribution in [0, 0.1) is 0 Å². The van der Waals surface area contributed by atoms with Crippen LogP contribution in [0.2, 0.25) is 0 Å². The number of para-hydroxylation sites is 1. The first kappa shape index (κ1) is 39.2. The van der Waals surface area contributed by atoms with Crippen LogP contribution in [0.4, 0.5) is 5.82 Å². The molecule has 2 saturated heterocycles. The minimum Gasteiger partial charge on any atom is -0.457 e. The van der Waals surface area contributed by atoms with Gasteiger partial charge in [-0.1, -0.05) is 56.4 Å². The van der Waals surface area contributed by atoms with E-state index >= 15 is 0 Å². The Morgan fingerprint density at radius 1 is 0.776 bits per heavy atom. The third-order valence-corrected chi connectivity index (χ3v) is 12.5. The Morgan fingerprint density at radius 3 is 2.26 bits per heavy atom. The Balaban J connectivity index is 0.740. The molecule has 300 valence electrons. The molecule has 3 N–H and O–H groups in total. The number of ether oxygens (including phenoxy) is 1. The van der Waals surface area contributed by atoms with Gasteiger partial charge in [0.15, 0.2) is 5.65 Å². The minimum absolute atomic E-state index is 0.106. The lowest BCUT2D eigenvalue weighted by atomic mass is 10.0. The highest BCUT2D eigenvalue weighted by Crippen LogP contribution is 2.37. The molecular weight excluding hydrogens is 753 g/mol. The molecule has 3 aromatic carbocycles. The molecule has 4 amide bonds. The molecule has 2 aromatic heterocycles. The summed E-state index contributed by atoms with van der Waals surface area (Å²) in [4.78, 5) is 63.8. The Bertz CT molecular complexity index is 2290. The first-order chi connectivity index (χ1) is 28.4. The van der Waals surface area contributed by atoms with Crippen molar-refractivity contribution in [1.82, 2.24) is 34.9 Å². The number of rotatable bonds is 16. The average molecular weight is 801 g/mol. The number of nitrogens with two attached hydrogens (primary N) is 1. The van der Waals surface area contributed by atoms with Gasteiger partial charge in [-0.3, -0.25) is 29.4 Å². The number of imide groups is 2. The molecule has 8 rings (SSSR count). The number of nitrogen functional groups attached to an aromatic ring is 1. The van der Waals surface area contributed by atoms with Crippen LogP contribution in [-0.2, 0) is 9.59 Å². The number of carbonyl (C=O) groups excluding carboxylic acids is 4. The van der Waals surface area contributed by atoms with Crippen LogP contribution in [-0.4, -0.2) is 84.6 Å². The van der Waals surface area contributed by atoms with Crippen molar-refractivity contribution in [1.29, 1.82) is 0 Å². The molecular formula is C44H48N8O5S. The second-order valence-electron chi connectivity index (χ2n) is 15.2. The lowest BCUT2D eigenvalue weighted by molar-refractivity contribution is -0.136. The summed E-state index contributed by atoms with van der Waals surface area (Å²) in [5, 5.41) is 8.13. The van der Waals surface area contributed by atoms with E-state index in [1.54, 1.807) is 23.9 Å². The van der Waals surface area contributed by atoms with E-state index < -0.39 is 23.8 Å². The number of hydrogen-bond acceptors (Lipinski definition) is 11. The third kappa shape index (κ3) is 8.48. The van der Waals surface area contributed by atoms with E-state index in [1.165, 1.54) is 38.4 Å². The number of amides is 4. The van der Waals surface area contributed by atoms with E-state index in [0.29, 0.717) is 16.9 Å². The van der Waals surface area contributed by atoms with Crippen LogP contribution >= 0.6 is 11.8 Å². The number of likely N-dealkylation sites (tertiary alicyclic amines) is 1. The molecule has 13 nitrogen and oxygen atoms in total. The lowest BCUT2D eigenvalue weighted by Gasteiger charge is -2.32. The van der Waals surface area contributed by atoms with Crippen molar-refractivity contribution >= 4 is 52.2 Å². The van der Waals surface area contributed by atoms with Gasteiger partial charge in [-0.25, -0.2) is 14.6 Å². The van der Waals surface area contributed by atoms with Gasteiger partial charge in [-0.2, -0.15) is 5.10 Å². The van der Waals surface area contributed by atoms with E-state index in [1.807, 2.05) is 60.7 Å². The summed E-state index contributed by atoms with van der Waals surface area (Å²) in [6, 6.07) is 22.2. The van der Waals surface area contributed by atoms with Crippen LogP contribution < -0.4 is 15.8 Å². The number of carbonyl (C=O) groups is 4. The summed E-state index contributed by atoms with van der Waals surface area (Å²) in [6.07, 6.45) is 11.9. The number of fused-ring (bicyclic) bond motifs is 2. The van der Waals surface area contributed by atoms with Gasteiger partial charge in [0.05, 0.1) is 22.6 Å². The molecule has 5 aromatic rings. The molecule has 0 saturated carbocycles. The van der Waals surface area contributed by atoms with Crippen molar-refractivity contribution in [3.63, 3.8) is 0 Å². The average Bonchev–Trinajstić information content (AvgIpc) is 3.75. The Labute approximate surface area is 341 Å². The summed E-state index contributed by atoms with van der Waals surface area (Å²) < 4.78 is 8.06. The summed E-state index contributed by atoms with van der Waals surface area (Å²) >= 11 is 1.59. The van der Waals surface area contributed by atoms with Crippen LogP contribution in [0.25, 0.3) is 22.3 Å². The molecule has 0 aliphatic carbocycles. The Kier molecular flexibility index (Phi) is 12.1. The van der Waals surface area contributed by atoms with Crippen molar-refractivity contribution in [2.24, 2.45) is 0 Å². The zero-order valence-electron chi connectivity index (χ0n) is 32.5. The normalized spacial score (nSPS) is 17.6. The van der Waals surface area contributed by atoms with Crippen molar-refractivity contribution < 1.29 is 23.9 Å². The Hall–Kier alpha value is -5.60. The standard InChI is InChI=1S/C44H48N8O5S/c45-40-38-39(29-16-18-32(19-17-29)57-31-12-7-6-8-13-31)49-52(41(38)47-28-46-40)30-22-25-50(26-23-30)24-9-4-2-1-3-5-10-27-58-35-15-11-14-33-37(35)44(56)51(43(33)55)34-20-21-36(53)48-42(34)54/h6-8,11-19,28,30,34H,1-5,9-10,20-27H2,(H2,45,46,47)(H,48,53,54). The molecule has 1 atom stereocenters. The maximum atomic E-state index is 13.3. The first-order valence-corrected chi connectivity index (χ1v) is 21.4. The van der Waals surface area contributed by atoms with Crippen molar-refractivity contribution in [3.05, 3.63) is 90.3 Å². The molecule has 3 aliphatic heterocycles. The molecule has 0 spiro atoms. The number of nitrogens with zero attached hydrogens (tertiary/aromatic N) is 6. The zero-order chi connectivity index (χ0) is 40.0. The quantitative estimate of drug-likeness (QED) is 0.0579. The van der Waals surface area contributed by atoms with Gasteiger partial charge in [0, 0.05) is 30.0 Å². The van der Waals surface area contributed by atoms with E-state index in [9.17, 15) is 19.2 Å². The summed E-state index contributed by atoms with van der Waals surface area (Å²) in [5.74, 6) is 0.928. The van der Waals surface area contributed by atoms with Crippen LogP contribution in [0.1, 0.15) is 97.4 Å². The predicted octanol–water partition coefficient (Wildman–Crippen LogP) is 7.43. The number of piperidine rings is 2.